The fourth-order valence-corrected chi connectivity index (χ4v) is 5.36. The monoisotopic (exact) mass is 454 g/mol. The molecule has 1 N–H and O–H groups in total. The van der Waals surface area contributed by atoms with Gasteiger partial charge in [-0.05, 0) is 52.8 Å². The summed E-state index contributed by atoms with van der Waals surface area (Å²) in [6, 6.07) is 4.23. The summed E-state index contributed by atoms with van der Waals surface area (Å²) in [5.74, 6) is -0.444. The first-order chi connectivity index (χ1) is 13.9. The van der Waals surface area contributed by atoms with E-state index in [0.717, 1.165) is 0 Å². The lowest BCUT2D eigenvalue weighted by Crippen LogP contribution is -2.48. The molecule has 0 saturated carbocycles. The number of halogens is 1. The lowest BCUT2D eigenvalue weighted by molar-refractivity contribution is -0.0440. The number of amides is 1. The Hall–Kier alpha value is -1.94. The van der Waals surface area contributed by atoms with E-state index in [4.69, 9.17) is 16.3 Å². The van der Waals surface area contributed by atoms with Gasteiger partial charge in [0.1, 0.15) is 4.90 Å². The number of carbonyl (C=O) groups is 1. The van der Waals surface area contributed by atoms with Crippen LogP contribution in [0.3, 0.4) is 0 Å². The second kappa shape index (κ2) is 8.30. The molecule has 1 aliphatic rings. The standard InChI is InChI=1S/C20H27ClN4O4S/c1-13-10-24(11-14(2)29-13)30(27,28)18-8-15(6-7-17(18)21)19(26)23-16-9-22-25(12-16)20(3,4)5/h6-9,12-14H,10-11H2,1-5H3,(H,23,26). The van der Waals surface area contributed by atoms with Gasteiger partial charge < -0.3 is 10.1 Å². The van der Waals surface area contributed by atoms with E-state index in [9.17, 15) is 13.2 Å². The lowest BCUT2D eigenvalue weighted by atomic mass is 10.1. The summed E-state index contributed by atoms with van der Waals surface area (Å²) in [5.41, 5.74) is 0.484. The Morgan fingerprint density at radius 2 is 1.87 bits per heavy atom. The normalized spacial score (nSPS) is 20.9. The van der Waals surface area contributed by atoms with Crippen molar-refractivity contribution in [1.82, 2.24) is 14.1 Å². The van der Waals surface area contributed by atoms with Crippen LogP contribution < -0.4 is 5.32 Å². The van der Waals surface area contributed by atoms with Crippen LogP contribution in [0, 0.1) is 0 Å². The third kappa shape index (κ3) is 4.85. The highest BCUT2D eigenvalue weighted by molar-refractivity contribution is 7.89. The van der Waals surface area contributed by atoms with Crippen LogP contribution in [0.25, 0.3) is 0 Å². The number of aromatic nitrogens is 2. The minimum atomic E-state index is -3.88. The molecule has 0 aliphatic carbocycles. The third-order valence-electron chi connectivity index (χ3n) is 4.73. The van der Waals surface area contributed by atoms with Crippen LogP contribution in [0.1, 0.15) is 45.0 Å². The number of anilines is 1. The summed E-state index contributed by atoms with van der Waals surface area (Å²) in [7, 11) is -3.88. The number of sulfonamides is 1. The second-order valence-corrected chi connectivity index (χ2v) is 10.8. The van der Waals surface area contributed by atoms with Crippen molar-refractivity contribution in [2.45, 2.75) is 57.3 Å². The largest absolute Gasteiger partial charge is 0.373 e. The van der Waals surface area contributed by atoms with Gasteiger partial charge in [-0.15, -0.1) is 0 Å². The predicted octanol–water partition coefficient (Wildman–Crippen LogP) is 3.34. The van der Waals surface area contributed by atoms with Crippen molar-refractivity contribution < 1.29 is 17.9 Å². The number of ether oxygens (including phenoxy) is 1. The van der Waals surface area contributed by atoms with E-state index < -0.39 is 15.9 Å². The number of nitrogens with zero attached hydrogens (tertiary/aromatic N) is 3. The average Bonchev–Trinajstić information content (AvgIpc) is 3.10. The molecule has 2 atom stereocenters. The van der Waals surface area contributed by atoms with E-state index in [-0.39, 0.29) is 46.3 Å². The van der Waals surface area contributed by atoms with Gasteiger partial charge in [-0.1, -0.05) is 11.6 Å². The molecule has 0 spiro atoms. The van der Waals surface area contributed by atoms with Crippen LogP contribution in [0.2, 0.25) is 5.02 Å². The molecule has 1 aromatic carbocycles. The zero-order chi connectivity index (χ0) is 22.3. The molecule has 164 valence electrons. The van der Waals surface area contributed by atoms with Crippen molar-refractivity contribution in [3.05, 3.63) is 41.2 Å². The SMILES string of the molecule is CC1CN(S(=O)(=O)c2cc(C(=O)Nc3cnn(C(C)(C)C)c3)ccc2Cl)CC(C)O1. The lowest BCUT2D eigenvalue weighted by Gasteiger charge is -2.34. The fraction of sp³-hybridized carbons (Fsp3) is 0.500. The molecular weight excluding hydrogens is 428 g/mol. The summed E-state index contributed by atoms with van der Waals surface area (Å²) in [6.07, 6.45) is 2.82. The van der Waals surface area contributed by atoms with Crippen molar-refractivity contribution in [2.75, 3.05) is 18.4 Å². The average molecular weight is 455 g/mol. The van der Waals surface area contributed by atoms with Gasteiger partial charge in [-0.3, -0.25) is 9.48 Å². The first-order valence-electron chi connectivity index (χ1n) is 9.69. The molecular formula is C20H27ClN4O4S. The van der Waals surface area contributed by atoms with Crippen molar-refractivity contribution in [3.63, 3.8) is 0 Å². The molecule has 2 heterocycles. The zero-order valence-corrected chi connectivity index (χ0v) is 19.3. The minimum absolute atomic E-state index is 0.0684. The molecule has 2 unspecified atom stereocenters. The summed E-state index contributed by atoms with van der Waals surface area (Å²) >= 11 is 6.21. The summed E-state index contributed by atoms with van der Waals surface area (Å²) in [4.78, 5) is 12.6. The number of nitrogens with one attached hydrogen (secondary N) is 1. The molecule has 1 fully saturated rings. The van der Waals surface area contributed by atoms with E-state index >= 15 is 0 Å². The summed E-state index contributed by atoms with van der Waals surface area (Å²) < 4.78 is 35.1. The Bertz CT molecular complexity index is 1040. The van der Waals surface area contributed by atoms with E-state index in [1.165, 1.54) is 22.5 Å². The highest BCUT2D eigenvalue weighted by atomic mass is 35.5. The van der Waals surface area contributed by atoms with E-state index in [2.05, 4.69) is 10.4 Å². The highest BCUT2D eigenvalue weighted by Gasteiger charge is 2.34. The van der Waals surface area contributed by atoms with Crippen LogP contribution in [-0.4, -0.2) is 53.7 Å². The number of benzene rings is 1. The quantitative estimate of drug-likeness (QED) is 0.764. The molecule has 1 saturated heterocycles. The number of rotatable bonds is 4. The second-order valence-electron chi connectivity index (χ2n) is 8.52. The molecule has 30 heavy (non-hydrogen) atoms. The van der Waals surface area contributed by atoms with Gasteiger partial charge in [0.15, 0.2) is 0 Å². The Morgan fingerprint density at radius 1 is 1.23 bits per heavy atom. The smallest absolute Gasteiger partial charge is 0.255 e. The van der Waals surface area contributed by atoms with Gasteiger partial charge >= 0.3 is 0 Å². The van der Waals surface area contributed by atoms with Crippen molar-refractivity contribution in [1.29, 1.82) is 0 Å². The van der Waals surface area contributed by atoms with Crippen LogP contribution in [-0.2, 0) is 20.3 Å². The molecule has 1 amide bonds. The van der Waals surface area contributed by atoms with Crippen molar-refractivity contribution in [3.8, 4) is 0 Å². The minimum Gasteiger partial charge on any atom is -0.373 e. The van der Waals surface area contributed by atoms with Crippen LogP contribution in [0.5, 0.6) is 0 Å². The molecule has 8 nitrogen and oxygen atoms in total. The molecule has 0 radical (unpaired) electrons. The van der Waals surface area contributed by atoms with E-state index in [1.807, 2.05) is 34.6 Å². The molecule has 2 aromatic rings. The third-order valence-corrected chi connectivity index (χ3v) is 7.04. The molecule has 3 rings (SSSR count). The number of morpholine rings is 1. The molecule has 1 aliphatic heterocycles. The van der Waals surface area contributed by atoms with Crippen molar-refractivity contribution in [2.24, 2.45) is 0 Å². The Labute approximate surface area is 182 Å². The van der Waals surface area contributed by atoms with Gasteiger partial charge in [0.2, 0.25) is 10.0 Å². The van der Waals surface area contributed by atoms with Crippen LogP contribution in [0.15, 0.2) is 35.5 Å². The number of carbonyl (C=O) groups excluding carboxylic acids is 1. The van der Waals surface area contributed by atoms with Gasteiger partial charge in [-0.2, -0.15) is 9.40 Å². The topological polar surface area (TPSA) is 93.5 Å². The Kier molecular flexibility index (Phi) is 6.29. The van der Waals surface area contributed by atoms with Crippen LogP contribution in [0.4, 0.5) is 5.69 Å². The number of hydrogen-bond donors (Lipinski definition) is 1. The molecule has 0 bridgehead atoms. The predicted molar refractivity (Wildman–Crippen MR) is 115 cm³/mol. The fourth-order valence-electron chi connectivity index (χ4n) is 3.27. The van der Waals surface area contributed by atoms with Gasteiger partial charge in [-0.25, -0.2) is 8.42 Å². The van der Waals surface area contributed by atoms with Gasteiger partial charge in [0.05, 0.1) is 34.7 Å². The summed E-state index contributed by atoms with van der Waals surface area (Å²) in [6.45, 7) is 10.1. The van der Waals surface area contributed by atoms with Gasteiger partial charge in [0, 0.05) is 24.8 Å². The van der Waals surface area contributed by atoms with Crippen LogP contribution >= 0.6 is 11.6 Å². The Morgan fingerprint density at radius 3 is 2.43 bits per heavy atom. The first kappa shape index (κ1) is 22.7. The highest BCUT2D eigenvalue weighted by Crippen LogP contribution is 2.28. The maximum Gasteiger partial charge on any atom is 0.255 e. The number of hydrogen-bond acceptors (Lipinski definition) is 5. The molecule has 10 heteroatoms. The van der Waals surface area contributed by atoms with E-state index in [0.29, 0.717) is 5.69 Å². The van der Waals surface area contributed by atoms with Gasteiger partial charge in [0.25, 0.3) is 5.91 Å². The van der Waals surface area contributed by atoms with Crippen molar-refractivity contribution >= 4 is 33.2 Å². The Balaban J connectivity index is 1.86. The maximum atomic E-state index is 13.2. The first-order valence-corrected chi connectivity index (χ1v) is 11.5. The summed E-state index contributed by atoms with van der Waals surface area (Å²) in [5, 5.41) is 7.06. The molecule has 1 aromatic heterocycles. The van der Waals surface area contributed by atoms with E-state index in [1.54, 1.807) is 17.1 Å². The maximum absolute atomic E-state index is 13.2. The zero-order valence-electron chi connectivity index (χ0n) is 17.7.